The second-order valence-corrected chi connectivity index (χ2v) is 25.4. The second-order valence-electron chi connectivity index (χ2n) is 24.0. The summed E-state index contributed by atoms with van der Waals surface area (Å²) in [6.45, 7) is 7.01. The number of phosphoric acid groups is 1. The highest BCUT2D eigenvalue weighted by molar-refractivity contribution is 7.47. The molecule has 0 saturated carbocycles. The van der Waals surface area contributed by atoms with Gasteiger partial charge >= 0.3 is 13.8 Å². The van der Waals surface area contributed by atoms with Crippen LogP contribution in [0.3, 0.4) is 0 Å². The number of hydrogen-bond donors (Lipinski definition) is 2. The Bertz CT molecular complexity index is 1470. The zero-order chi connectivity index (χ0) is 57.2. The standard InChI is InChI=1S/C68H129N2O7P/c1-7-10-13-16-19-22-25-28-30-31-32-33-34-35-36-37-38-39-40-43-46-49-52-55-58-61-68(72)77-66(59-56-53-50-47-44-41-27-24-21-18-15-12-9-3)65(64-76-78(73,74)75-63-62-70(4,5)6)69-67(71)60-57-54-51-48-45-42-29-26-23-20-17-14-11-8-2/h19,22,28,30,42,45,56,59,65-66H,7-18,20-21,23-27,29,31-41,43-44,46-55,57-58,60-64H2,1-6H3,(H-,69,71,73,74)/p+1/b22-19-,30-28-,45-42-,59-56-. The monoisotopic (exact) mass is 1120 g/mol. The highest BCUT2D eigenvalue weighted by atomic mass is 31.2. The van der Waals surface area contributed by atoms with Gasteiger partial charge in [-0.2, -0.15) is 0 Å². The Morgan fingerprint density at radius 3 is 1.21 bits per heavy atom. The number of ether oxygens (including phenoxy) is 1. The number of hydrogen-bond acceptors (Lipinski definition) is 6. The van der Waals surface area contributed by atoms with Crippen molar-refractivity contribution in [3.8, 4) is 0 Å². The van der Waals surface area contributed by atoms with Gasteiger partial charge in [0.15, 0.2) is 0 Å². The number of amides is 1. The van der Waals surface area contributed by atoms with Crippen molar-refractivity contribution in [2.75, 3.05) is 40.9 Å². The lowest BCUT2D eigenvalue weighted by atomic mass is 10.0. The van der Waals surface area contributed by atoms with Crippen LogP contribution in [0.25, 0.3) is 0 Å². The first-order valence-corrected chi connectivity index (χ1v) is 35.0. The van der Waals surface area contributed by atoms with E-state index in [9.17, 15) is 19.0 Å². The third kappa shape index (κ3) is 58.6. The Kier molecular flexibility index (Phi) is 56.7. The molecule has 0 aromatic heterocycles. The van der Waals surface area contributed by atoms with Crippen LogP contribution >= 0.6 is 7.82 Å². The number of phosphoric ester groups is 1. The van der Waals surface area contributed by atoms with Crippen molar-refractivity contribution in [2.24, 2.45) is 0 Å². The summed E-state index contributed by atoms with van der Waals surface area (Å²) in [6, 6.07) is -0.854. The molecule has 3 atom stereocenters. The van der Waals surface area contributed by atoms with Crippen molar-refractivity contribution < 1.29 is 37.3 Å². The van der Waals surface area contributed by atoms with E-state index in [4.69, 9.17) is 13.8 Å². The smallest absolute Gasteiger partial charge is 0.456 e. The van der Waals surface area contributed by atoms with E-state index in [-0.39, 0.29) is 25.1 Å². The predicted octanol–water partition coefficient (Wildman–Crippen LogP) is 20.8. The van der Waals surface area contributed by atoms with Gasteiger partial charge in [0.1, 0.15) is 19.3 Å². The van der Waals surface area contributed by atoms with Crippen LogP contribution < -0.4 is 5.32 Å². The van der Waals surface area contributed by atoms with Crippen molar-refractivity contribution in [1.82, 2.24) is 5.32 Å². The van der Waals surface area contributed by atoms with Gasteiger partial charge in [-0.3, -0.25) is 18.6 Å². The Balaban J connectivity index is 5.10. The normalized spacial score (nSPS) is 13.9. The molecular weight excluding hydrogens is 988 g/mol. The molecule has 0 spiro atoms. The van der Waals surface area contributed by atoms with E-state index >= 15 is 0 Å². The van der Waals surface area contributed by atoms with Gasteiger partial charge in [0.05, 0.1) is 33.8 Å². The molecular formula is C68H130N2O7P+. The van der Waals surface area contributed by atoms with Gasteiger partial charge in [-0.25, -0.2) is 4.57 Å². The van der Waals surface area contributed by atoms with Crippen LogP contribution in [0.5, 0.6) is 0 Å². The lowest BCUT2D eigenvalue weighted by molar-refractivity contribution is -0.870. The summed E-state index contributed by atoms with van der Waals surface area (Å²) in [7, 11) is 1.50. The van der Waals surface area contributed by atoms with Crippen molar-refractivity contribution in [3.05, 3.63) is 48.6 Å². The Morgan fingerprint density at radius 1 is 0.449 bits per heavy atom. The number of rotatable bonds is 61. The summed E-state index contributed by atoms with van der Waals surface area (Å²) >= 11 is 0. The molecule has 0 heterocycles. The van der Waals surface area contributed by atoms with Crippen LogP contribution in [0.4, 0.5) is 0 Å². The van der Waals surface area contributed by atoms with Crippen LogP contribution in [0.15, 0.2) is 48.6 Å². The molecule has 0 rings (SSSR count). The van der Waals surface area contributed by atoms with E-state index in [1.54, 1.807) is 0 Å². The molecule has 78 heavy (non-hydrogen) atoms. The quantitative estimate of drug-likeness (QED) is 0.0205. The number of esters is 1. The summed E-state index contributed by atoms with van der Waals surface area (Å²) < 4.78 is 30.7. The lowest BCUT2D eigenvalue weighted by Gasteiger charge is -2.27. The van der Waals surface area contributed by atoms with Crippen molar-refractivity contribution >= 4 is 19.7 Å². The average molecular weight is 1120 g/mol. The van der Waals surface area contributed by atoms with E-state index < -0.39 is 20.0 Å². The molecule has 10 heteroatoms. The number of carbonyl (C=O) groups is 2. The summed E-state index contributed by atoms with van der Waals surface area (Å²) in [5.74, 6) is -0.511. The van der Waals surface area contributed by atoms with E-state index in [0.717, 1.165) is 77.0 Å². The number of unbranched alkanes of at least 4 members (excludes halogenated alkanes) is 39. The molecule has 0 aliphatic rings. The maximum atomic E-state index is 13.5. The Labute approximate surface area is 484 Å². The molecule has 2 N–H and O–H groups in total. The largest absolute Gasteiger partial charge is 0.472 e. The van der Waals surface area contributed by atoms with E-state index in [0.29, 0.717) is 23.9 Å². The fourth-order valence-corrected chi connectivity index (χ4v) is 10.5. The molecule has 9 nitrogen and oxygen atoms in total. The van der Waals surface area contributed by atoms with E-state index in [1.165, 1.54) is 212 Å². The van der Waals surface area contributed by atoms with Gasteiger partial charge in [-0.05, 0) is 89.5 Å². The third-order valence-electron chi connectivity index (χ3n) is 15.0. The van der Waals surface area contributed by atoms with Crippen LogP contribution in [0, 0.1) is 0 Å². The molecule has 1 amide bonds. The number of quaternary nitrogens is 1. The molecule has 0 aromatic carbocycles. The number of nitrogens with zero attached hydrogens (tertiary/aromatic N) is 1. The van der Waals surface area contributed by atoms with Crippen molar-refractivity contribution in [3.63, 3.8) is 0 Å². The third-order valence-corrected chi connectivity index (χ3v) is 16.0. The summed E-state index contributed by atoms with van der Waals surface area (Å²) in [4.78, 5) is 37.8. The van der Waals surface area contributed by atoms with Crippen LogP contribution in [0.2, 0.25) is 0 Å². The highest BCUT2D eigenvalue weighted by Gasteiger charge is 2.30. The average Bonchev–Trinajstić information content (AvgIpc) is 3.40. The molecule has 0 aliphatic carbocycles. The maximum absolute atomic E-state index is 13.5. The first kappa shape index (κ1) is 76.0. The SMILES string of the molecule is CCCCC/C=C\C/C=C\CCCCCCCCCCCCCCCCCC(=O)OC(/C=C\CCCCCCCCCCCCC)C(COP(=O)(O)OCC[N+](C)(C)C)NC(=O)CCCCC/C=C\CCCCCCCCC. The first-order valence-electron chi connectivity index (χ1n) is 33.5. The van der Waals surface area contributed by atoms with Crippen molar-refractivity contribution in [2.45, 2.75) is 335 Å². The van der Waals surface area contributed by atoms with Gasteiger partial charge < -0.3 is 19.4 Å². The van der Waals surface area contributed by atoms with Gasteiger partial charge in [-0.1, -0.05) is 269 Å². The number of allylic oxidation sites excluding steroid dienone is 7. The zero-order valence-corrected chi connectivity index (χ0v) is 53.3. The molecule has 0 aromatic rings. The van der Waals surface area contributed by atoms with Crippen LogP contribution in [-0.4, -0.2) is 74.3 Å². The molecule has 0 aliphatic heterocycles. The zero-order valence-electron chi connectivity index (χ0n) is 52.4. The second kappa shape index (κ2) is 58.2. The van der Waals surface area contributed by atoms with Crippen LogP contribution in [0.1, 0.15) is 323 Å². The Hall–Kier alpha value is -2.03. The Morgan fingerprint density at radius 2 is 0.782 bits per heavy atom. The molecule has 0 bridgehead atoms. The van der Waals surface area contributed by atoms with Gasteiger partial charge in [0.2, 0.25) is 5.91 Å². The lowest BCUT2D eigenvalue weighted by Crippen LogP contribution is -2.47. The minimum atomic E-state index is -4.45. The molecule has 458 valence electrons. The van der Waals surface area contributed by atoms with Crippen LogP contribution in [-0.2, 0) is 27.9 Å². The minimum Gasteiger partial charge on any atom is -0.456 e. The molecule has 3 unspecified atom stereocenters. The van der Waals surface area contributed by atoms with Gasteiger partial charge in [-0.15, -0.1) is 0 Å². The fourth-order valence-electron chi connectivity index (χ4n) is 9.79. The maximum Gasteiger partial charge on any atom is 0.472 e. The first-order chi connectivity index (χ1) is 37.9. The van der Waals surface area contributed by atoms with E-state index in [1.807, 2.05) is 33.3 Å². The van der Waals surface area contributed by atoms with Gasteiger partial charge in [0.25, 0.3) is 0 Å². The topological polar surface area (TPSA) is 111 Å². The highest BCUT2D eigenvalue weighted by Crippen LogP contribution is 2.43. The fraction of sp³-hybridized carbons (Fsp3) is 0.853. The molecule has 0 saturated heterocycles. The van der Waals surface area contributed by atoms with Gasteiger partial charge in [0, 0.05) is 12.8 Å². The number of nitrogens with one attached hydrogen (secondary N) is 1. The number of carbonyl (C=O) groups excluding carboxylic acids is 2. The summed E-state index contributed by atoms with van der Waals surface area (Å²) in [5.41, 5.74) is 0. The summed E-state index contributed by atoms with van der Waals surface area (Å²) in [6.07, 6.45) is 72.6. The minimum absolute atomic E-state index is 0.0388. The van der Waals surface area contributed by atoms with Crippen molar-refractivity contribution in [1.29, 1.82) is 0 Å². The number of likely N-dealkylation sites (N-methyl/N-ethyl adjacent to an activating group) is 1. The molecule has 0 fully saturated rings. The van der Waals surface area contributed by atoms with E-state index in [2.05, 4.69) is 62.5 Å². The predicted molar refractivity (Wildman–Crippen MR) is 337 cm³/mol. The molecule has 0 radical (unpaired) electrons. The summed E-state index contributed by atoms with van der Waals surface area (Å²) in [5, 5.41) is 3.05.